The summed E-state index contributed by atoms with van der Waals surface area (Å²) in [5, 5.41) is -0.500. The molecule has 0 bridgehead atoms. The first-order chi connectivity index (χ1) is 12.4. The summed E-state index contributed by atoms with van der Waals surface area (Å²) in [4.78, 5) is 11.0. The van der Waals surface area contributed by atoms with Gasteiger partial charge in [0, 0.05) is 19.5 Å². The summed E-state index contributed by atoms with van der Waals surface area (Å²) in [6.07, 6.45) is 1.46. The van der Waals surface area contributed by atoms with Crippen LogP contribution >= 0.6 is 0 Å². The van der Waals surface area contributed by atoms with Gasteiger partial charge < -0.3 is 4.74 Å². The van der Waals surface area contributed by atoms with Crippen LogP contribution < -0.4 is 4.74 Å². The number of nitrogens with zero attached hydrogens (tertiary/aromatic N) is 1. The zero-order valence-electron chi connectivity index (χ0n) is 15.0. The van der Waals surface area contributed by atoms with E-state index >= 15 is 0 Å². The van der Waals surface area contributed by atoms with Gasteiger partial charge in [-0.1, -0.05) is 42.5 Å². The van der Waals surface area contributed by atoms with Crippen LogP contribution in [0.2, 0.25) is 0 Å². The third kappa shape index (κ3) is 3.97. The van der Waals surface area contributed by atoms with Crippen LogP contribution in [-0.4, -0.2) is 24.7 Å². The van der Waals surface area contributed by atoms with Crippen molar-refractivity contribution in [2.45, 2.75) is 44.5 Å². The Morgan fingerprint density at radius 1 is 1.08 bits per heavy atom. The van der Waals surface area contributed by atoms with Crippen LogP contribution in [0.4, 0.5) is 0 Å². The highest BCUT2D eigenvalue weighted by atomic mass is 32.2. The molecule has 1 aliphatic rings. The van der Waals surface area contributed by atoms with Crippen molar-refractivity contribution >= 4 is 16.0 Å². The highest BCUT2D eigenvalue weighted by Crippen LogP contribution is 2.38. The monoisotopic (exact) mass is 373 g/mol. The number of ether oxygens (including phenoxy) is 1. The molecule has 1 heterocycles. The SMILES string of the molecule is CC(=O)Oc1ccc(CN2C(C)CC[C@@H](c3ccccc3)S2(=O)=O)cc1. The lowest BCUT2D eigenvalue weighted by Crippen LogP contribution is -2.44. The maximum absolute atomic E-state index is 13.2. The molecule has 0 aromatic heterocycles. The van der Waals surface area contributed by atoms with E-state index in [4.69, 9.17) is 4.74 Å². The van der Waals surface area contributed by atoms with Gasteiger partial charge >= 0.3 is 5.97 Å². The van der Waals surface area contributed by atoms with Crippen molar-refractivity contribution in [3.8, 4) is 5.75 Å². The predicted octanol–water partition coefficient (Wildman–Crippen LogP) is 3.67. The summed E-state index contributed by atoms with van der Waals surface area (Å²) in [6, 6.07) is 16.3. The molecule has 0 N–H and O–H groups in total. The number of rotatable bonds is 4. The summed E-state index contributed by atoms with van der Waals surface area (Å²) in [7, 11) is -3.45. The lowest BCUT2D eigenvalue weighted by atomic mass is 10.0. The Balaban J connectivity index is 1.82. The molecule has 0 spiro atoms. The molecule has 3 rings (SSSR count). The number of carbonyl (C=O) groups is 1. The van der Waals surface area contributed by atoms with E-state index in [0.29, 0.717) is 18.7 Å². The summed E-state index contributed by atoms with van der Waals surface area (Å²) >= 11 is 0. The fraction of sp³-hybridized carbons (Fsp3) is 0.350. The molecule has 0 radical (unpaired) electrons. The molecular weight excluding hydrogens is 350 g/mol. The second-order valence-corrected chi connectivity index (χ2v) is 8.72. The van der Waals surface area contributed by atoms with Crippen molar-refractivity contribution in [2.24, 2.45) is 0 Å². The Hall–Kier alpha value is -2.18. The van der Waals surface area contributed by atoms with Gasteiger partial charge in [-0.05, 0) is 43.0 Å². The molecule has 138 valence electrons. The molecule has 6 heteroatoms. The second-order valence-electron chi connectivity index (χ2n) is 6.65. The topological polar surface area (TPSA) is 63.7 Å². The van der Waals surface area contributed by atoms with Crippen molar-refractivity contribution in [3.63, 3.8) is 0 Å². The van der Waals surface area contributed by atoms with Gasteiger partial charge in [-0.25, -0.2) is 8.42 Å². The largest absolute Gasteiger partial charge is 0.427 e. The van der Waals surface area contributed by atoms with E-state index in [0.717, 1.165) is 17.5 Å². The van der Waals surface area contributed by atoms with Crippen molar-refractivity contribution in [1.82, 2.24) is 4.31 Å². The number of esters is 1. The standard InChI is InChI=1S/C20H23NO4S/c1-15-8-13-20(18-6-4-3-5-7-18)26(23,24)21(15)14-17-9-11-19(12-10-17)25-16(2)22/h3-7,9-12,15,20H,8,13-14H2,1-2H3/t15?,20-/m0/s1. The number of sulfonamides is 1. The van der Waals surface area contributed by atoms with Crippen LogP contribution in [0.15, 0.2) is 54.6 Å². The van der Waals surface area contributed by atoms with Crippen molar-refractivity contribution in [2.75, 3.05) is 0 Å². The lowest BCUT2D eigenvalue weighted by Gasteiger charge is -2.37. The van der Waals surface area contributed by atoms with Gasteiger partial charge in [-0.15, -0.1) is 0 Å². The van der Waals surface area contributed by atoms with Crippen LogP contribution in [0.25, 0.3) is 0 Å². The van der Waals surface area contributed by atoms with Gasteiger partial charge in [-0.3, -0.25) is 4.79 Å². The predicted molar refractivity (Wildman–Crippen MR) is 100 cm³/mol. The Morgan fingerprint density at radius 3 is 2.35 bits per heavy atom. The molecule has 0 aliphatic carbocycles. The molecule has 2 aromatic carbocycles. The molecule has 1 fully saturated rings. The van der Waals surface area contributed by atoms with E-state index in [9.17, 15) is 13.2 Å². The van der Waals surface area contributed by atoms with Gasteiger partial charge in [0.1, 0.15) is 11.0 Å². The van der Waals surface area contributed by atoms with E-state index in [1.807, 2.05) is 37.3 Å². The summed E-state index contributed by atoms with van der Waals surface area (Å²) < 4.78 is 33.0. The Bertz CT molecular complexity index is 862. The maximum Gasteiger partial charge on any atom is 0.308 e. The Morgan fingerprint density at radius 2 is 1.73 bits per heavy atom. The van der Waals surface area contributed by atoms with Crippen molar-refractivity contribution < 1.29 is 17.9 Å². The van der Waals surface area contributed by atoms with Gasteiger partial charge in [0.15, 0.2) is 0 Å². The number of hydrogen-bond donors (Lipinski definition) is 0. The fourth-order valence-corrected chi connectivity index (χ4v) is 5.56. The summed E-state index contributed by atoms with van der Waals surface area (Å²) in [5.41, 5.74) is 1.71. The van der Waals surface area contributed by atoms with E-state index in [2.05, 4.69) is 0 Å². The molecular formula is C20H23NO4S. The van der Waals surface area contributed by atoms with Crippen LogP contribution in [0.3, 0.4) is 0 Å². The van der Waals surface area contributed by atoms with Crippen molar-refractivity contribution in [3.05, 3.63) is 65.7 Å². The maximum atomic E-state index is 13.2. The first kappa shape index (κ1) is 18.6. The van der Waals surface area contributed by atoms with E-state index in [-0.39, 0.29) is 12.0 Å². The first-order valence-electron chi connectivity index (χ1n) is 8.71. The number of benzene rings is 2. The molecule has 1 aliphatic heterocycles. The van der Waals surface area contributed by atoms with Crippen LogP contribution in [0.1, 0.15) is 43.1 Å². The fourth-order valence-electron chi connectivity index (χ4n) is 3.36. The molecule has 0 amide bonds. The normalized spacial score (nSPS) is 22.7. The third-order valence-electron chi connectivity index (χ3n) is 4.72. The number of carbonyl (C=O) groups excluding carboxylic acids is 1. The van der Waals surface area contributed by atoms with E-state index < -0.39 is 15.3 Å². The van der Waals surface area contributed by atoms with Crippen LogP contribution in [-0.2, 0) is 21.4 Å². The van der Waals surface area contributed by atoms with Crippen LogP contribution in [0.5, 0.6) is 5.75 Å². The highest BCUT2D eigenvalue weighted by molar-refractivity contribution is 7.89. The minimum absolute atomic E-state index is 0.0480. The van der Waals surface area contributed by atoms with Crippen molar-refractivity contribution in [1.29, 1.82) is 0 Å². The molecule has 5 nitrogen and oxygen atoms in total. The molecule has 2 aromatic rings. The number of hydrogen-bond acceptors (Lipinski definition) is 4. The van der Waals surface area contributed by atoms with E-state index in [1.165, 1.54) is 6.92 Å². The first-order valence-corrected chi connectivity index (χ1v) is 10.2. The molecule has 1 saturated heterocycles. The molecule has 26 heavy (non-hydrogen) atoms. The van der Waals surface area contributed by atoms with Crippen LogP contribution in [0, 0.1) is 0 Å². The van der Waals surface area contributed by atoms with Gasteiger partial charge in [0.2, 0.25) is 10.0 Å². The molecule has 1 unspecified atom stereocenters. The smallest absolute Gasteiger partial charge is 0.308 e. The van der Waals surface area contributed by atoms with Gasteiger partial charge in [0.05, 0.1) is 0 Å². The highest BCUT2D eigenvalue weighted by Gasteiger charge is 2.40. The quantitative estimate of drug-likeness (QED) is 0.606. The average Bonchev–Trinajstić information content (AvgIpc) is 2.60. The lowest BCUT2D eigenvalue weighted by molar-refractivity contribution is -0.131. The third-order valence-corrected chi connectivity index (χ3v) is 7.09. The van der Waals surface area contributed by atoms with Gasteiger partial charge in [0.25, 0.3) is 0 Å². The zero-order valence-corrected chi connectivity index (χ0v) is 15.8. The summed E-state index contributed by atoms with van der Waals surface area (Å²) in [5.74, 6) is 0.0774. The molecule has 2 atom stereocenters. The second kappa shape index (κ2) is 7.60. The summed E-state index contributed by atoms with van der Waals surface area (Å²) in [6.45, 7) is 3.61. The minimum atomic E-state index is -3.45. The van der Waals surface area contributed by atoms with Gasteiger partial charge in [-0.2, -0.15) is 4.31 Å². The Kier molecular flexibility index (Phi) is 5.44. The van der Waals surface area contributed by atoms with E-state index in [1.54, 1.807) is 28.6 Å². The zero-order chi connectivity index (χ0) is 18.7. The average molecular weight is 373 g/mol. The Labute approximate surface area is 154 Å². The minimum Gasteiger partial charge on any atom is -0.427 e. The molecule has 0 saturated carbocycles.